The summed E-state index contributed by atoms with van der Waals surface area (Å²) in [6.45, 7) is 7.79. The van der Waals surface area contributed by atoms with E-state index in [0.29, 0.717) is 12.5 Å². The van der Waals surface area contributed by atoms with Gasteiger partial charge in [-0.3, -0.25) is 4.68 Å². The largest absolute Gasteiger partial charge is 0.392 e. The van der Waals surface area contributed by atoms with Gasteiger partial charge < -0.3 is 10.4 Å². The van der Waals surface area contributed by atoms with Crippen LogP contribution in [0.5, 0.6) is 0 Å². The number of aryl methyl sites for hydroxylation is 2. The summed E-state index contributed by atoms with van der Waals surface area (Å²) in [5.41, 5.74) is 2.37. The van der Waals surface area contributed by atoms with Crippen LogP contribution in [0.3, 0.4) is 0 Å². The highest BCUT2D eigenvalue weighted by Crippen LogP contribution is 2.07. The molecule has 1 aromatic heterocycles. The van der Waals surface area contributed by atoms with Gasteiger partial charge in [-0.05, 0) is 18.8 Å². The number of nitrogens with one attached hydrogen (secondary N) is 1. The minimum atomic E-state index is -0.253. The third-order valence-corrected chi connectivity index (χ3v) is 2.77. The zero-order chi connectivity index (χ0) is 12.8. The predicted octanol–water partition coefficient (Wildman–Crippen LogP) is 1.48. The molecule has 0 fully saturated rings. The highest BCUT2D eigenvalue weighted by atomic mass is 16.3. The second-order valence-corrected chi connectivity index (χ2v) is 5.04. The average molecular weight is 239 g/mol. The molecule has 1 heterocycles. The SMILES string of the molecule is CCc1nn(C)cc1CNCC(O)CC(C)C. The van der Waals surface area contributed by atoms with Gasteiger partial charge in [0.1, 0.15) is 0 Å². The molecule has 0 aliphatic rings. The molecule has 1 atom stereocenters. The molecule has 98 valence electrons. The first kappa shape index (κ1) is 14.2. The van der Waals surface area contributed by atoms with Gasteiger partial charge in [0.2, 0.25) is 0 Å². The highest BCUT2D eigenvalue weighted by Gasteiger charge is 2.08. The lowest BCUT2D eigenvalue weighted by atomic mass is 10.1. The van der Waals surface area contributed by atoms with Crippen LogP contribution < -0.4 is 5.32 Å². The second-order valence-electron chi connectivity index (χ2n) is 5.04. The van der Waals surface area contributed by atoms with E-state index in [1.54, 1.807) is 0 Å². The van der Waals surface area contributed by atoms with Gasteiger partial charge in [-0.25, -0.2) is 0 Å². The Morgan fingerprint density at radius 1 is 1.47 bits per heavy atom. The minimum Gasteiger partial charge on any atom is -0.392 e. The van der Waals surface area contributed by atoms with E-state index >= 15 is 0 Å². The number of aliphatic hydroxyl groups is 1. The van der Waals surface area contributed by atoms with Gasteiger partial charge in [0.05, 0.1) is 11.8 Å². The monoisotopic (exact) mass is 239 g/mol. The molecule has 0 aliphatic heterocycles. The van der Waals surface area contributed by atoms with E-state index in [0.717, 1.165) is 25.1 Å². The van der Waals surface area contributed by atoms with E-state index in [1.807, 2.05) is 17.9 Å². The Bertz CT molecular complexity index is 333. The number of hydrogen-bond acceptors (Lipinski definition) is 3. The molecule has 0 amide bonds. The number of nitrogens with zero attached hydrogens (tertiary/aromatic N) is 2. The van der Waals surface area contributed by atoms with E-state index in [4.69, 9.17) is 0 Å². The fourth-order valence-electron chi connectivity index (χ4n) is 2.03. The zero-order valence-electron chi connectivity index (χ0n) is 11.4. The van der Waals surface area contributed by atoms with Crippen molar-refractivity contribution >= 4 is 0 Å². The van der Waals surface area contributed by atoms with Crippen LogP contribution >= 0.6 is 0 Å². The van der Waals surface area contributed by atoms with Gasteiger partial charge in [0.15, 0.2) is 0 Å². The van der Waals surface area contributed by atoms with E-state index in [9.17, 15) is 5.11 Å². The molecular formula is C13H25N3O. The summed E-state index contributed by atoms with van der Waals surface area (Å²) in [7, 11) is 1.94. The maximum Gasteiger partial charge on any atom is 0.0667 e. The molecule has 0 saturated heterocycles. The summed E-state index contributed by atoms with van der Waals surface area (Å²) in [5, 5.41) is 17.4. The molecular weight excluding hydrogens is 214 g/mol. The number of hydrogen-bond donors (Lipinski definition) is 2. The number of aliphatic hydroxyl groups excluding tert-OH is 1. The van der Waals surface area contributed by atoms with E-state index in [2.05, 4.69) is 31.2 Å². The Morgan fingerprint density at radius 2 is 2.18 bits per heavy atom. The van der Waals surface area contributed by atoms with Gasteiger partial charge in [-0.2, -0.15) is 5.10 Å². The van der Waals surface area contributed by atoms with E-state index < -0.39 is 0 Å². The maximum absolute atomic E-state index is 9.75. The molecule has 17 heavy (non-hydrogen) atoms. The molecule has 1 aromatic rings. The van der Waals surface area contributed by atoms with Crippen molar-refractivity contribution in [2.24, 2.45) is 13.0 Å². The highest BCUT2D eigenvalue weighted by molar-refractivity contribution is 5.16. The normalized spacial score (nSPS) is 13.3. The Kier molecular flexibility index (Phi) is 5.65. The van der Waals surface area contributed by atoms with Crippen LogP contribution in [0.25, 0.3) is 0 Å². The standard InChI is InChI=1S/C13H25N3O/c1-5-13-11(9-16(4)15-13)7-14-8-12(17)6-10(2)3/h9-10,12,14,17H,5-8H2,1-4H3. The Morgan fingerprint density at radius 3 is 2.76 bits per heavy atom. The molecule has 0 aromatic carbocycles. The molecule has 0 spiro atoms. The second kappa shape index (κ2) is 6.77. The van der Waals surface area contributed by atoms with Crippen molar-refractivity contribution in [1.29, 1.82) is 0 Å². The van der Waals surface area contributed by atoms with Gasteiger partial charge in [0, 0.05) is 31.9 Å². The number of aromatic nitrogens is 2. The molecule has 0 bridgehead atoms. The van der Waals surface area contributed by atoms with Gasteiger partial charge in [-0.15, -0.1) is 0 Å². The van der Waals surface area contributed by atoms with Crippen LogP contribution in [0.1, 0.15) is 38.4 Å². The Hall–Kier alpha value is -0.870. The smallest absolute Gasteiger partial charge is 0.0667 e. The van der Waals surface area contributed by atoms with Crippen LogP contribution in [0, 0.1) is 5.92 Å². The molecule has 1 unspecified atom stereocenters. The van der Waals surface area contributed by atoms with Crippen molar-refractivity contribution in [3.05, 3.63) is 17.5 Å². The van der Waals surface area contributed by atoms with Crippen molar-refractivity contribution < 1.29 is 5.11 Å². The van der Waals surface area contributed by atoms with E-state index in [1.165, 1.54) is 5.56 Å². The average Bonchev–Trinajstić information content (AvgIpc) is 2.57. The summed E-state index contributed by atoms with van der Waals surface area (Å²) in [6, 6.07) is 0. The fraction of sp³-hybridized carbons (Fsp3) is 0.769. The lowest BCUT2D eigenvalue weighted by molar-refractivity contribution is 0.146. The van der Waals surface area contributed by atoms with E-state index in [-0.39, 0.29) is 6.10 Å². The third kappa shape index (κ3) is 4.88. The van der Waals surface area contributed by atoms with Gasteiger partial charge in [0.25, 0.3) is 0 Å². The Balaban J connectivity index is 2.35. The molecule has 0 aliphatic carbocycles. The molecule has 4 heteroatoms. The van der Waals surface area contributed by atoms with Crippen LogP contribution in [0.4, 0.5) is 0 Å². The third-order valence-electron chi connectivity index (χ3n) is 2.77. The lowest BCUT2D eigenvalue weighted by Crippen LogP contribution is -2.27. The van der Waals surface area contributed by atoms with Crippen molar-refractivity contribution in [1.82, 2.24) is 15.1 Å². The van der Waals surface area contributed by atoms with Crippen molar-refractivity contribution in [2.45, 2.75) is 46.3 Å². The number of rotatable bonds is 7. The molecule has 2 N–H and O–H groups in total. The van der Waals surface area contributed by atoms with Gasteiger partial charge in [-0.1, -0.05) is 20.8 Å². The fourth-order valence-corrected chi connectivity index (χ4v) is 2.03. The summed E-state index contributed by atoms with van der Waals surface area (Å²) in [5.74, 6) is 0.538. The summed E-state index contributed by atoms with van der Waals surface area (Å²) >= 11 is 0. The predicted molar refractivity (Wildman–Crippen MR) is 69.8 cm³/mol. The maximum atomic E-state index is 9.75. The zero-order valence-corrected chi connectivity index (χ0v) is 11.4. The lowest BCUT2D eigenvalue weighted by Gasteiger charge is -2.13. The van der Waals surface area contributed by atoms with Crippen LogP contribution in [-0.2, 0) is 20.0 Å². The van der Waals surface area contributed by atoms with Crippen LogP contribution in [0.2, 0.25) is 0 Å². The molecule has 0 saturated carbocycles. The van der Waals surface area contributed by atoms with Crippen molar-refractivity contribution in [3.8, 4) is 0 Å². The first-order chi connectivity index (χ1) is 8.02. The Labute approximate surface area is 104 Å². The van der Waals surface area contributed by atoms with Crippen LogP contribution in [-0.4, -0.2) is 27.5 Å². The minimum absolute atomic E-state index is 0.253. The quantitative estimate of drug-likeness (QED) is 0.758. The first-order valence-corrected chi connectivity index (χ1v) is 6.43. The molecule has 0 radical (unpaired) electrons. The van der Waals surface area contributed by atoms with Crippen molar-refractivity contribution in [3.63, 3.8) is 0 Å². The van der Waals surface area contributed by atoms with Crippen LogP contribution in [0.15, 0.2) is 6.20 Å². The first-order valence-electron chi connectivity index (χ1n) is 6.43. The summed E-state index contributed by atoms with van der Waals surface area (Å²) in [6.07, 6.45) is 3.59. The summed E-state index contributed by atoms with van der Waals surface area (Å²) in [4.78, 5) is 0. The molecule has 4 nitrogen and oxygen atoms in total. The summed E-state index contributed by atoms with van der Waals surface area (Å²) < 4.78 is 1.85. The molecule has 1 rings (SSSR count). The topological polar surface area (TPSA) is 50.1 Å². The van der Waals surface area contributed by atoms with Gasteiger partial charge >= 0.3 is 0 Å². The van der Waals surface area contributed by atoms with Crippen molar-refractivity contribution in [2.75, 3.05) is 6.54 Å².